The van der Waals surface area contributed by atoms with E-state index in [9.17, 15) is 4.79 Å². The number of halogens is 2. The fourth-order valence-electron chi connectivity index (χ4n) is 4.07. The minimum atomic E-state index is 0.103. The number of nitrogens with zero attached hydrogens (tertiary/aromatic N) is 1. The first-order valence-corrected chi connectivity index (χ1v) is 10.2. The van der Waals surface area contributed by atoms with Crippen LogP contribution in [-0.4, -0.2) is 34.7 Å². The normalized spacial score (nSPS) is 28.2. The first-order chi connectivity index (χ1) is 12.2. The number of hydrogen-bond donors (Lipinski definition) is 0. The molecule has 0 N–H and O–H groups in total. The van der Waals surface area contributed by atoms with Gasteiger partial charge in [0.15, 0.2) is 6.29 Å². The molecule has 2 bridgehead atoms. The van der Waals surface area contributed by atoms with Crippen LogP contribution in [0, 0.1) is 5.92 Å². The molecule has 4 rings (SSSR count). The van der Waals surface area contributed by atoms with Crippen LogP contribution in [0.25, 0.3) is 0 Å². The Kier molecular flexibility index (Phi) is 4.98. The lowest BCUT2D eigenvalue weighted by Gasteiger charge is -2.33. The number of fused-ring (bicyclic) bond motifs is 2. The Morgan fingerprint density at radius 3 is 2.72 bits per heavy atom. The second-order valence-corrected chi connectivity index (χ2v) is 8.78. The largest absolute Gasteiger partial charge is 0.488 e. The van der Waals surface area contributed by atoms with Gasteiger partial charge in [0.2, 0.25) is 0 Å². The Morgan fingerprint density at radius 2 is 2.00 bits per heavy atom. The van der Waals surface area contributed by atoms with Gasteiger partial charge in [-0.25, -0.2) is 0 Å². The molecule has 130 valence electrons. The molecule has 3 nitrogen and oxygen atoms in total. The summed E-state index contributed by atoms with van der Waals surface area (Å²) in [7, 11) is 0. The van der Waals surface area contributed by atoms with Crippen LogP contribution in [0.15, 0.2) is 53.0 Å². The van der Waals surface area contributed by atoms with Crippen LogP contribution >= 0.6 is 31.9 Å². The standard InChI is InChI=1S/C20H19Br2NO2/c21-16-6-7-17(15(8-16)12-24)25-18-9-14-11-23(20(18)19(14)22)10-13-4-2-1-3-5-13/h1-8,12,14,18-20H,9-11H2/t14-,18+,19-,20+/m0/s1. The van der Waals surface area contributed by atoms with E-state index >= 15 is 0 Å². The van der Waals surface area contributed by atoms with Crippen molar-refractivity contribution in [1.82, 2.24) is 4.90 Å². The summed E-state index contributed by atoms with van der Waals surface area (Å²) in [6.07, 6.45) is 1.99. The fraction of sp³-hybridized carbons (Fsp3) is 0.350. The van der Waals surface area contributed by atoms with Gasteiger partial charge in [-0.1, -0.05) is 62.2 Å². The molecule has 1 aliphatic carbocycles. The van der Waals surface area contributed by atoms with Gasteiger partial charge >= 0.3 is 0 Å². The topological polar surface area (TPSA) is 29.5 Å². The van der Waals surface area contributed by atoms with E-state index in [0.717, 1.165) is 30.3 Å². The maximum absolute atomic E-state index is 11.4. The van der Waals surface area contributed by atoms with Crippen LogP contribution < -0.4 is 4.74 Å². The number of ether oxygens (including phenoxy) is 1. The van der Waals surface area contributed by atoms with Crippen molar-refractivity contribution in [3.05, 3.63) is 64.1 Å². The Labute approximate surface area is 164 Å². The summed E-state index contributed by atoms with van der Waals surface area (Å²) >= 11 is 7.30. The highest BCUT2D eigenvalue weighted by atomic mass is 79.9. The Bertz CT molecular complexity index is 768. The first-order valence-electron chi connectivity index (χ1n) is 8.49. The third-order valence-corrected chi connectivity index (χ3v) is 6.97. The van der Waals surface area contributed by atoms with Crippen LogP contribution in [0.2, 0.25) is 0 Å². The molecule has 2 aliphatic rings. The van der Waals surface area contributed by atoms with Crippen molar-refractivity contribution >= 4 is 38.1 Å². The van der Waals surface area contributed by atoms with Gasteiger partial charge in [0.05, 0.1) is 11.6 Å². The Morgan fingerprint density at radius 1 is 1.20 bits per heavy atom. The maximum Gasteiger partial charge on any atom is 0.153 e. The second-order valence-electron chi connectivity index (χ2n) is 6.80. The number of piperidine rings is 1. The molecule has 2 fully saturated rings. The third-order valence-electron chi connectivity index (χ3n) is 5.19. The number of hydrogen-bond acceptors (Lipinski definition) is 3. The highest BCUT2D eigenvalue weighted by molar-refractivity contribution is 9.10. The molecule has 1 heterocycles. The van der Waals surface area contributed by atoms with E-state index < -0.39 is 0 Å². The molecule has 0 spiro atoms. The van der Waals surface area contributed by atoms with Gasteiger partial charge in [-0.3, -0.25) is 9.69 Å². The predicted molar refractivity (Wildman–Crippen MR) is 105 cm³/mol. The van der Waals surface area contributed by atoms with E-state index in [-0.39, 0.29) is 6.10 Å². The SMILES string of the molecule is O=Cc1cc(Br)ccc1O[C@@H]1C[C@H]2CN(Cc3ccccc3)[C@H]1[C@H]2Br. The van der Waals surface area contributed by atoms with E-state index in [1.165, 1.54) is 5.56 Å². The second kappa shape index (κ2) is 7.22. The highest BCUT2D eigenvalue weighted by Crippen LogP contribution is 2.44. The zero-order valence-corrected chi connectivity index (χ0v) is 16.8. The summed E-state index contributed by atoms with van der Waals surface area (Å²) < 4.78 is 7.19. The van der Waals surface area contributed by atoms with Crippen molar-refractivity contribution in [2.75, 3.05) is 6.54 Å². The van der Waals surface area contributed by atoms with Crippen LogP contribution in [0.1, 0.15) is 22.3 Å². The summed E-state index contributed by atoms with van der Waals surface area (Å²) in [5, 5.41) is 0. The Hall–Kier alpha value is -1.17. The minimum absolute atomic E-state index is 0.103. The van der Waals surface area contributed by atoms with E-state index in [1.807, 2.05) is 24.3 Å². The lowest BCUT2D eigenvalue weighted by atomic mass is 10.1. The molecule has 4 atom stereocenters. The van der Waals surface area contributed by atoms with Crippen molar-refractivity contribution in [2.24, 2.45) is 5.92 Å². The number of carbonyl (C=O) groups is 1. The van der Waals surface area contributed by atoms with Crippen molar-refractivity contribution in [2.45, 2.75) is 29.9 Å². The molecule has 1 saturated heterocycles. The molecule has 1 saturated carbocycles. The van der Waals surface area contributed by atoms with Gasteiger partial charge in [0.1, 0.15) is 11.9 Å². The molecule has 2 aromatic carbocycles. The van der Waals surface area contributed by atoms with Crippen LogP contribution in [-0.2, 0) is 6.54 Å². The molecule has 0 radical (unpaired) electrons. The van der Waals surface area contributed by atoms with Gasteiger partial charge in [-0.05, 0) is 36.1 Å². The summed E-state index contributed by atoms with van der Waals surface area (Å²) in [4.78, 5) is 14.3. The van der Waals surface area contributed by atoms with Crippen LogP contribution in [0.4, 0.5) is 0 Å². The number of likely N-dealkylation sites (tertiary alicyclic amines) is 1. The van der Waals surface area contributed by atoms with Gasteiger partial charge in [0, 0.05) is 22.4 Å². The highest BCUT2D eigenvalue weighted by Gasteiger charge is 2.52. The minimum Gasteiger partial charge on any atom is -0.488 e. The molecular weight excluding hydrogens is 446 g/mol. The number of benzene rings is 2. The predicted octanol–water partition coefficient (Wildman–Crippen LogP) is 4.68. The molecule has 1 aliphatic heterocycles. The van der Waals surface area contributed by atoms with Crippen molar-refractivity contribution < 1.29 is 9.53 Å². The average molecular weight is 465 g/mol. The van der Waals surface area contributed by atoms with Gasteiger partial charge in [0.25, 0.3) is 0 Å². The summed E-state index contributed by atoms with van der Waals surface area (Å²) in [5.41, 5.74) is 1.92. The quantitative estimate of drug-likeness (QED) is 0.475. The number of alkyl halides is 1. The van der Waals surface area contributed by atoms with Gasteiger partial charge in [-0.2, -0.15) is 0 Å². The summed E-state index contributed by atoms with van der Waals surface area (Å²) in [6, 6.07) is 16.5. The maximum atomic E-state index is 11.4. The van der Waals surface area contributed by atoms with E-state index in [0.29, 0.717) is 28.1 Å². The van der Waals surface area contributed by atoms with Gasteiger partial charge in [-0.15, -0.1) is 0 Å². The smallest absolute Gasteiger partial charge is 0.153 e. The number of carbonyl (C=O) groups excluding carboxylic acids is 1. The van der Waals surface area contributed by atoms with Crippen molar-refractivity contribution in [3.8, 4) is 5.75 Å². The lowest BCUT2D eigenvalue weighted by Crippen LogP contribution is -2.44. The van der Waals surface area contributed by atoms with Crippen LogP contribution in [0.5, 0.6) is 5.75 Å². The Balaban J connectivity index is 1.53. The van der Waals surface area contributed by atoms with Crippen molar-refractivity contribution in [3.63, 3.8) is 0 Å². The number of aldehydes is 1. The average Bonchev–Trinajstić information content (AvgIpc) is 3.08. The molecule has 0 aromatic heterocycles. The van der Waals surface area contributed by atoms with E-state index in [2.05, 4.69) is 61.0 Å². The molecular formula is C20H19Br2NO2. The fourth-order valence-corrected chi connectivity index (χ4v) is 5.51. The monoisotopic (exact) mass is 463 g/mol. The number of rotatable bonds is 5. The molecule has 5 heteroatoms. The summed E-state index contributed by atoms with van der Waals surface area (Å²) in [6.45, 7) is 2.03. The molecule has 0 amide bonds. The van der Waals surface area contributed by atoms with E-state index in [4.69, 9.17) is 4.74 Å². The van der Waals surface area contributed by atoms with E-state index in [1.54, 1.807) is 0 Å². The first kappa shape index (κ1) is 17.3. The molecule has 0 unspecified atom stereocenters. The molecule has 25 heavy (non-hydrogen) atoms. The zero-order chi connectivity index (χ0) is 17.4. The lowest BCUT2D eigenvalue weighted by molar-refractivity contribution is 0.0700. The van der Waals surface area contributed by atoms with Crippen molar-refractivity contribution in [1.29, 1.82) is 0 Å². The molecule has 2 aromatic rings. The zero-order valence-electron chi connectivity index (χ0n) is 13.6. The van der Waals surface area contributed by atoms with Crippen LogP contribution in [0.3, 0.4) is 0 Å². The summed E-state index contributed by atoms with van der Waals surface area (Å²) in [5.74, 6) is 1.27. The van der Waals surface area contributed by atoms with Gasteiger partial charge < -0.3 is 4.74 Å². The third kappa shape index (κ3) is 3.42.